The molecule has 0 aliphatic carbocycles. The molecule has 1 aliphatic heterocycles. The van der Waals surface area contributed by atoms with Crippen molar-refractivity contribution in [3.63, 3.8) is 0 Å². The van der Waals surface area contributed by atoms with Crippen LogP contribution in [0.2, 0.25) is 72.2 Å². The van der Waals surface area contributed by atoms with Crippen LogP contribution < -0.4 is 0 Å². The predicted octanol–water partition coefficient (Wildman–Crippen LogP) is 15.5. The molecule has 1 aliphatic rings. The number of halogens is 2. The Morgan fingerprint density at radius 3 is 0.543 bits per heavy atom. The minimum absolute atomic E-state index is 0.194. The lowest BCUT2D eigenvalue weighted by atomic mass is 10.2. The summed E-state index contributed by atoms with van der Waals surface area (Å²) in [6.07, 6.45) is -7.75. The molecule has 276 valence electrons. The van der Waals surface area contributed by atoms with E-state index in [-0.39, 0.29) is 40.3 Å². The van der Waals surface area contributed by atoms with Crippen molar-refractivity contribution in [3.05, 3.63) is 0 Å². The van der Waals surface area contributed by atoms with E-state index in [0.29, 0.717) is 0 Å². The maximum atomic E-state index is 9.59. The average Bonchev–Trinajstić information content (AvgIpc) is 2.70. The first-order valence-electron chi connectivity index (χ1n) is 18.6. The van der Waals surface area contributed by atoms with Gasteiger partial charge in [0.2, 0.25) is 0 Å². The van der Waals surface area contributed by atoms with Crippen molar-refractivity contribution >= 4 is 71.5 Å². The van der Waals surface area contributed by atoms with Crippen molar-refractivity contribution < 1.29 is 0 Å². The van der Waals surface area contributed by atoms with Gasteiger partial charge in [0, 0.05) is 0 Å². The molecule has 2 atom stereocenters. The van der Waals surface area contributed by atoms with Crippen LogP contribution in [0.25, 0.3) is 0 Å². The molecule has 1 heterocycles. The fourth-order valence-electron chi connectivity index (χ4n) is 13.1. The first-order chi connectivity index (χ1) is 19.2. The van der Waals surface area contributed by atoms with Crippen LogP contribution in [0, 0.1) is 0 Å². The molecule has 0 spiro atoms. The Morgan fingerprint density at radius 2 is 0.435 bits per heavy atom. The molecule has 0 aromatic carbocycles. The summed E-state index contributed by atoms with van der Waals surface area (Å²) < 4.78 is 0. The normalized spacial score (nSPS) is 25.4. The molecule has 0 nitrogen and oxygen atoms in total. The van der Waals surface area contributed by atoms with Gasteiger partial charge in [-0.1, -0.05) is 192 Å². The fraction of sp³-hybridized carbons (Fsp3) is 1.00. The maximum absolute atomic E-state index is 9.59. The quantitative estimate of drug-likeness (QED) is 0.196. The molecule has 0 bridgehead atoms. The van der Waals surface area contributed by atoms with Gasteiger partial charge in [0.1, 0.15) is 12.8 Å². The Morgan fingerprint density at radius 1 is 0.304 bits per heavy atom. The first kappa shape index (κ1) is 46.1. The third-order valence-corrected chi connectivity index (χ3v) is 205. The number of hydrogen-bond donors (Lipinski definition) is 0. The molecule has 2 unspecified atom stereocenters. The minimum Gasteiger partial charge on any atom is -0.175 e. The summed E-state index contributed by atoms with van der Waals surface area (Å²) in [5, 5.41) is 1.56. The van der Waals surface area contributed by atoms with Crippen molar-refractivity contribution in [2.45, 2.75) is 238 Å². The van der Waals surface area contributed by atoms with E-state index in [9.17, 15) is 22.2 Å². The zero-order valence-corrected chi connectivity index (χ0v) is 45.5. The van der Waals surface area contributed by atoms with Crippen LogP contribution in [-0.2, 0) is 0 Å². The van der Waals surface area contributed by atoms with Gasteiger partial charge < -0.3 is 0 Å². The van der Waals surface area contributed by atoms with Gasteiger partial charge in [0.25, 0.3) is 0 Å². The van der Waals surface area contributed by atoms with Gasteiger partial charge >= 0.3 is 0 Å². The van der Waals surface area contributed by atoms with E-state index in [1.54, 1.807) is 0 Å². The van der Waals surface area contributed by atoms with Crippen LogP contribution in [0.3, 0.4) is 0 Å². The predicted molar refractivity (Wildman–Crippen MR) is 238 cm³/mol. The van der Waals surface area contributed by atoms with E-state index in [0.717, 1.165) is 0 Å². The Labute approximate surface area is 307 Å². The Kier molecular flexibility index (Phi) is 11.6. The van der Waals surface area contributed by atoms with Crippen LogP contribution >= 0.6 is 22.2 Å². The smallest absolute Gasteiger partial charge is 0.132 e. The lowest BCUT2D eigenvalue weighted by Gasteiger charge is -2.88. The highest BCUT2D eigenvalue weighted by Gasteiger charge is 2.99. The third kappa shape index (κ3) is 5.21. The molecular weight excluding hydrogens is 712 g/mol. The van der Waals surface area contributed by atoms with Crippen molar-refractivity contribution in [1.82, 2.24) is 0 Å². The van der Waals surface area contributed by atoms with Crippen LogP contribution in [0.1, 0.15) is 166 Å². The van der Waals surface area contributed by atoms with E-state index in [4.69, 9.17) is 0 Å². The van der Waals surface area contributed by atoms with Crippen LogP contribution in [0.5, 0.6) is 0 Å². The largest absolute Gasteiger partial charge is 0.175 e. The van der Waals surface area contributed by atoms with Crippen molar-refractivity contribution in [2.75, 3.05) is 0 Å². The second kappa shape index (κ2) is 11.5. The van der Waals surface area contributed by atoms with Gasteiger partial charge in [-0.25, -0.2) is 0 Å². The highest BCUT2D eigenvalue weighted by Crippen LogP contribution is 2.81. The maximum Gasteiger partial charge on any atom is 0.132 e. The lowest BCUT2D eigenvalue weighted by molar-refractivity contribution is 0.621. The summed E-state index contributed by atoms with van der Waals surface area (Å²) >= 11 is 19.2. The standard InChI is InChI=1S/C37H86Cl2Si7/c1-30(2,3)40(25,31(4,5)6)44(38)29-45(39,41(26,32(7,8)9)33(10,11)12)46(44,42(27,34(13,14)15)35(16,17)18)43(28,36(19,20)21)37(22,23)24/h29H2,1-28H3. The molecule has 0 amide bonds. The molecule has 0 saturated carbocycles. The van der Waals surface area contributed by atoms with E-state index in [1.807, 2.05) is 0 Å². The number of hydrogen-bond acceptors (Lipinski definition) is 0. The second-order valence-electron chi connectivity index (χ2n) is 25.0. The third-order valence-electron chi connectivity index (χ3n) is 16.8. The fourth-order valence-corrected chi connectivity index (χ4v) is 370. The molecule has 0 radical (unpaired) electrons. The van der Waals surface area contributed by atoms with Gasteiger partial charge in [0.15, 0.2) is 0 Å². The van der Waals surface area contributed by atoms with Gasteiger partial charge in [-0.3, -0.25) is 0 Å². The number of rotatable bonds is 4. The van der Waals surface area contributed by atoms with E-state index >= 15 is 0 Å². The summed E-state index contributed by atoms with van der Waals surface area (Å²) in [5.74, 6) is 0. The molecule has 0 N–H and O–H groups in total. The molecule has 0 aromatic heterocycles. The van der Waals surface area contributed by atoms with E-state index in [1.165, 1.54) is 5.67 Å². The second-order valence-corrected chi connectivity index (χ2v) is 103. The topological polar surface area (TPSA) is 0 Å². The van der Waals surface area contributed by atoms with Gasteiger partial charge in [-0.2, -0.15) is 22.2 Å². The summed E-state index contributed by atoms with van der Waals surface area (Å²) in [5.41, 5.74) is 1.29. The molecule has 0 aromatic rings. The van der Waals surface area contributed by atoms with Crippen molar-refractivity contribution in [3.8, 4) is 0 Å². The Balaban J connectivity index is 5.51. The zero-order valence-electron chi connectivity index (χ0n) is 37.0. The molecule has 1 fully saturated rings. The Hall–Kier alpha value is 2.10. The van der Waals surface area contributed by atoms with Gasteiger partial charge in [-0.15, -0.1) is 0 Å². The molecule has 1 rings (SSSR count). The van der Waals surface area contributed by atoms with Crippen LogP contribution in [-0.4, -0.2) is 49.3 Å². The van der Waals surface area contributed by atoms with Crippen molar-refractivity contribution in [1.29, 1.82) is 0 Å². The molecule has 46 heavy (non-hydrogen) atoms. The lowest BCUT2D eigenvalue weighted by Crippen LogP contribution is -3.14. The summed E-state index contributed by atoms with van der Waals surface area (Å²) in [6, 6.07) is 0. The summed E-state index contributed by atoms with van der Waals surface area (Å²) in [4.78, 5) is 0. The van der Waals surface area contributed by atoms with Gasteiger partial charge in [0.05, 0.1) is 36.5 Å². The van der Waals surface area contributed by atoms with E-state index < -0.39 is 49.3 Å². The summed E-state index contributed by atoms with van der Waals surface area (Å²) in [6.45, 7) is 75.5. The molecule has 9 heteroatoms. The highest BCUT2D eigenvalue weighted by atomic mass is 35.6. The SMILES string of the molecule is CC(C)(C)[Si](C)(C(C)(C)C)[Si]1(Cl)C[Si](Cl)([Si](C)(C(C)(C)C)C(C)(C)C)[Si]1([Si](C)(C(C)(C)C)C(C)(C)C)[Si](C)(C(C)(C)C)C(C)(C)C. The average molecular weight is 799 g/mol. The van der Waals surface area contributed by atoms with Crippen LogP contribution in [0.4, 0.5) is 0 Å². The summed E-state index contributed by atoms with van der Waals surface area (Å²) in [7, 11) is -9.18. The zero-order chi connectivity index (χ0) is 38.2. The Bertz CT molecular complexity index is 992. The first-order valence-corrected chi connectivity index (χ1v) is 43.0. The molecular formula is C37H86Cl2Si7. The highest BCUT2D eigenvalue weighted by molar-refractivity contribution is 8.32. The molecule has 1 saturated heterocycles. The van der Waals surface area contributed by atoms with Gasteiger partial charge in [-0.05, 0) is 46.0 Å². The monoisotopic (exact) mass is 796 g/mol. The minimum atomic E-state index is -2.60. The van der Waals surface area contributed by atoms with Crippen molar-refractivity contribution in [2.24, 2.45) is 0 Å². The van der Waals surface area contributed by atoms with E-state index in [2.05, 4.69) is 192 Å². The van der Waals surface area contributed by atoms with Crippen LogP contribution in [0.15, 0.2) is 0 Å².